The molecule has 4 heteroatoms. The van der Waals surface area contributed by atoms with E-state index in [4.69, 9.17) is 5.73 Å². The van der Waals surface area contributed by atoms with E-state index in [9.17, 15) is 4.39 Å². The lowest BCUT2D eigenvalue weighted by atomic mass is 10.1. The van der Waals surface area contributed by atoms with Crippen LogP contribution in [-0.2, 0) is 13.0 Å². The summed E-state index contributed by atoms with van der Waals surface area (Å²) in [6.07, 6.45) is 0.705. The molecule has 2 nitrogen and oxygen atoms in total. The molecule has 0 saturated heterocycles. The van der Waals surface area contributed by atoms with Crippen molar-refractivity contribution in [2.45, 2.75) is 13.0 Å². The van der Waals surface area contributed by atoms with Crippen LogP contribution in [0.4, 0.5) is 10.1 Å². The summed E-state index contributed by atoms with van der Waals surface area (Å²) in [7, 11) is 1.97. The number of nitrogens with zero attached hydrogens (tertiary/aromatic N) is 1. The monoisotopic (exact) mass is 264 g/mol. The molecule has 0 radical (unpaired) electrons. The number of benzene rings is 1. The molecule has 2 aromatic rings. The third-order valence-electron chi connectivity index (χ3n) is 2.82. The highest BCUT2D eigenvalue weighted by atomic mass is 32.1. The molecule has 18 heavy (non-hydrogen) atoms. The molecule has 0 bridgehead atoms. The summed E-state index contributed by atoms with van der Waals surface area (Å²) in [5.41, 5.74) is 8.60. The van der Waals surface area contributed by atoms with Crippen molar-refractivity contribution in [3.63, 3.8) is 0 Å². The summed E-state index contributed by atoms with van der Waals surface area (Å²) in [6, 6.07) is 7.20. The Morgan fingerprint density at radius 3 is 2.78 bits per heavy atom. The molecule has 0 fully saturated rings. The SMILES string of the molecule is CN(Cc1ccsc1)c1cc(F)cc(CCN)c1. The first-order valence-corrected chi connectivity index (χ1v) is 6.85. The summed E-state index contributed by atoms with van der Waals surface area (Å²) >= 11 is 1.67. The molecule has 96 valence electrons. The molecule has 0 atom stereocenters. The first-order valence-electron chi connectivity index (χ1n) is 5.91. The van der Waals surface area contributed by atoms with Crippen LogP contribution in [0.2, 0.25) is 0 Å². The molecular formula is C14H17FN2S. The van der Waals surface area contributed by atoms with E-state index in [-0.39, 0.29) is 5.82 Å². The van der Waals surface area contributed by atoms with Crippen LogP contribution in [0.15, 0.2) is 35.0 Å². The molecule has 1 aromatic carbocycles. The van der Waals surface area contributed by atoms with E-state index in [0.29, 0.717) is 13.0 Å². The molecule has 1 aromatic heterocycles. The molecule has 2 rings (SSSR count). The normalized spacial score (nSPS) is 10.6. The average molecular weight is 264 g/mol. The predicted octanol–water partition coefficient (Wildman–Crippen LogP) is 3.02. The predicted molar refractivity (Wildman–Crippen MR) is 75.6 cm³/mol. The highest BCUT2D eigenvalue weighted by Gasteiger charge is 2.06. The number of anilines is 1. The Kier molecular flexibility index (Phi) is 4.33. The molecule has 0 unspecified atom stereocenters. The van der Waals surface area contributed by atoms with Crippen molar-refractivity contribution in [3.05, 3.63) is 52.0 Å². The summed E-state index contributed by atoms with van der Waals surface area (Å²) < 4.78 is 13.5. The molecule has 0 saturated carbocycles. The Bertz CT molecular complexity index is 497. The van der Waals surface area contributed by atoms with Gasteiger partial charge in [0.05, 0.1) is 0 Å². The van der Waals surface area contributed by atoms with Gasteiger partial charge in [-0.2, -0.15) is 11.3 Å². The Labute approximate surface area is 111 Å². The van der Waals surface area contributed by atoms with E-state index < -0.39 is 0 Å². The number of hydrogen-bond acceptors (Lipinski definition) is 3. The standard InChI is InChI=1S/C14H17FN2S/c1-17(9-12-3-5-18-10-12)14-7-11(2-4-16)6-13(15)8-14/h3,5-8,10H,2,4,9,16H2,1H3. The maximum absolute atomic E-state index is 13.5. The van der Waals surface area contributed by atoms with Crippen LogP contribution < -0.4 is 10.6 Å². The van der Waals surface area contributed by atoms with Gasteiger partial charge < -0.3 is 10.6 Å². The minimum atomic E-state index is -0.201. The molecule has 2 N–H and O–H groups in total. The van der Waals surface area contributed by atoms with Crippen LogP contribution in [0.5, 0.6) is 0 Å². The molecule has 1 heterocycles. The van der Waals surface area contributed by atoms with Crippen molar-refractivity contribution in [3.8, 4) is 0 Å². The number of nitrogens with two attached hydrogens (primary N) is 1. The maximum Gasteiger partial charge on any atom is 0.125 e. The highest BCUT2D eigenvalue weighted by molar-refractivity contribution is 7.07. The number of thiophene rings is 1. The Morgan fingerprint density at radius 2 is 2.11 bits per heavy atom. The fourth-order valence-electron chi connectivity index (χ4n) is 1.91. The third-order valence-corrected chi connectivity index (χ3v) is 3.55. The van der Waals surface area contributed by atoms with Gasteiger partial charge in [0.1, 0.15) is 5.82 Å². The number of rotatable bonds is 5. The molecule has 0 amide bonds. The maximum atomic E-state index is 13.5. The fraction of sp³-hybridized carbons (Fsp3) is 0.286. The van der Waals surface area contributed by atoms with Crippen molar-refractivity contribution < 1.29 is 4.39 Å². The topological polar surface area (TPSA) is 29.3 Å². The molecule has 0 aliphatic carbocycles. The van der Waals surface area contributed by atoms with E-state index >= 15 is 0 Å². The van der Waals surface area contributed by atoms with Crippen molar-refractivity contribution in [1.29, 1.82) is 0 Å². The third kappa shape index (κ3) is 3.31. The zero-order chi connectivity index (χ0) is 13.0. The lowest BCUT2D eigenvalue weighted by Gasteiger charge is -2.19. The lowest BCUT2D eigenvalue weighted by molar-refractivity contribution is 0.624. The zero-order valence-electron chi connectivity index (χ0n) is 10.4. The van der Waals surface area contributed by atoms with Crippen molar-refractivity contribution in [1.82, 2.24) is 0 Å². The van der Waals surface area contributed by atoms with E-state index in [1.807, 2.05) is 18.0 Å². The van der Waals surface area contributed by atoms with Crippen LogP contribution in [0, 0.1) is 5.82 Å². The Morgan fingerprint density at radius 1 is 1.28 bits per heavy atom. The van der Waals surface area contributed by atoms with Gasteiger partial charge in [-0.3, -0.25) is 0 Å². The average Bonchev–Trinajstić information content (AvgIpc) is 2.81. The van der Waals surface area contributed by atoms with Gasteiger partial charge in [0, 0.05) is 19.3 Å². The number of halogens is 1. The fourth-order valence-corrected chi connectivity index (χ4v) is 2.57. The smallest absolute Gasteiger partial charge is 0.125 e. The second kappa shape index (κ2) is 5.98. The van der Waals surface area contributed by atoms with Crippen molar-refractivity contribution in [2.75, 3.05) is 18.5 Å². The van der Waals surface area contributed by atoms with E-state index in [1.54, 1.807) is 23.5 Å². The van der Waals surface area contributed by atoms with Crippen LogP contribution >= 0.6 is 11.3 Å². The van der Waals surface area contributed by atoms with Gasteiger partial charge in [-0.05, 0) is 59.1 Å². The van der Waals surface area contributed by atoms with Gasteiger partial charge in [0.2, 0.25) is 0 Å². The van der Waals surface area contributed by atoms with Gasteiger partial charge in [-0.25, -0.2) is 4.39 Å². The van der Waals surface area contributed by atoms with E-state index in [0.717, 1.165) is 17.8 Å². The first-order chi connectivity index (χ1) is 8.69. The highest BCUT2D eigenvalue weighted by Crippen LogP contribution is 2.20. The zero-order valence-corrected chi connectivity index (χ0v) is 11.2. The van der Waals surface area contributed by atoms with Gasteiger partial charge >= 0.3 is 0 Å². The summed E-state index contributed by atoms with van der Waals surface area (Å²) in [6.45, 7) is 1.33. The minimum absolute atomic E-state index is 0.201. The van der Waals surface area contributed by atoms with Gasteiger partial charge in [0.25, 0.3) is 0 Å². The van der Waals surface area contributed by atoms with E-state index in [2.05, 4.69) is 16.8 Å². The Balaban J connectivity index is 2.16. The van der Waals surface area contributed by atoms with Gasteiger partial charge in [-0.1, -0.05) is 0 Å². The second-order valence-corrected chi connectivity index (χ2v) is 5.12. The summed E-state index contributed by atoms with van der Waals surface area (Å²) in [5.74, 6) is -0.201. The van der Waals surface area contributed by atoms with E-state index in [1.165, 1.54) is 5.56 Å². The molecule has 0 aliphatic heterocycles. The number of hydrogen-bond donors (Lipinski definition) is 1. The second-order valence-electron chi connectivity index (χ2n) is 4.34. The van der Waals surface area contributed by atoms with Crippen LogP contribution in [0.25, 0.3) is 0 Å². The van der Waals surface area contributed by atoms with Gasteiger partial charge in [0.15, 0.2) is 0 Å². The van der Waals surface area contributed by atoms with Crippen LogP contribution in [0.1, 0.15) is 11.1 Å². The molecule has 0 spiro atoms. The quantitative estimate of drug-likeness (QED) is 0.899. The molecule has 0 aliphatic rings. The van der Waals surface area contributed by atoms with Crippen molar-refractivity contribution in [2.24, 2.45) is 5.73 Å². The summed E-state index contributed by atoms with van der Waals surface area (Å²) in [4.78, 5) is 2.05. The first kappa shape index (κ1) is 13.1. The lowest BCUT2D eigenvalue weighted by Crippen LogP contribution is -2.16. The van der Waals surface area contributed by atoms with Gasteiger partial charge in [-0.15, -0.1) is 0 Å². The largest absolute Gasteiger partial charge is 0.370 e. The minimum Gasteiger partial charge on any atom is -0.370 e. The van der Waals surface area contributed by atoms with Crippen molar-refractivity contribution >= 4 is 17.0 Å². The van der Waals surface area contributed by atoms with Crippen LogP contribution in [0.3, 0.4) is 0 Å². The Hall–Kier alpha value is -1.39. The molecular weight excluding hydrogens is 247 g/mol. The summed E-state index contributed by atoms with van der Waals surface area (Å²) in [5, 5.41) is 4.16. The van der Waals surface area contributed by atoms with Crippen LogP contribution in [-0.4, -0.2) is 13.6 Å².